The van der Waals surface area contributed by atoms with Gasteiger partial charge < -0.3 is 10.5 Å². The van der Waals surface area contributed by atoms with Crippen LogP contribution in [0.4, 0.5) is 0 Å². The molecule has 0 spiro atoms. The molecule has 0 aliphatic heterocycles. The van der Waals surface area contributed by atoms with E-state index >= 15 is 0 Å². The maximum absolute atomic E-state index is 11.3. The Morgan fingerprint density at radius 2 is 2.11 bits per heavy atom. The van der Waals surface area contributed by atoms with Crippen LogP contribution in [0.15, 0.2) is 24.4 Å². The minimum absolute atomic E-state index is 0.0427. The largest absolute Gasteiger partial charge is 0.424 e. The van der Waals surface area contributed by atoms with Crippen LogP contribution in [-0.4, -0.2) is 16.9 Å². The van der Waals surface area contributed by atoms with E-state index < -0.39 is 11.9 Å². The molecule has 0 aliphatic carbocycles. The Hall–Kier alpha value is -1.70. The van der Waals surface area contributed by atoms with Crippen molar-refractivity contribution in [2.75, 3.05) is 0 Å². The quantitative estimate of drug-likeness (QED) is 0.658. The van der Waals surface area contributed by atoms with Gasteiger partial charge in [0.2, 0.25) is 0 Å². The molecule has 1 heterocycles. The van der Waals surface area contributed by atoms with Gasteiger partial charge in [-0.05, 0) is 40.8 Å². The number of carbonyl (C=O) groups is 2. The van der Waals surface area contributed by atoms with Crippen LogP contribution < -0.4 is 10.5 Å². The first kappa shape index (κ1) is 12.7. The van der Waals surface area contributed by atoms with Gasteiger partial charge in [0.05, 0.1) is 0 Å². The lowest BCUT2D eigenvalue weighted by atomic mass is 10.1. The summed E-state index contributed by atoms with van der Waals surface area (Å²) in [5, 5.41) is 1.41. The molecule has 18 heavy (non-hydrogen) atoms. The highest BCUT2D eigenvalue weighted by Gasteiger charge is 2.16. The molecule has 0 radical (unpaired) electrons. The smallest absolute Gasteiger partial charge is 0.308 e. The summed E-state index contributed by atoms with van der Waals surface area (Å²) in [4.78, 5) is 26.3. The second kappa shape index (κ2) is 4.89. The first-order chi connectivity index (χ1) is 8.49. The van der Waals surface area contributed by atoms with Crippen molar-refractivity contribution in [3.8, 4) is 5.75 Å². The van der Waals surface area contributed by atoms with Gasteiger partial charge in [-0.2, -0.15) is 0 Å². The molecular formula is C12H9IN2O3. The second-order valence-corrected chi connectivity index (χ2v) is 4.87. The molecule has 1 aromatic carbocycles. The van der Waals surface area contributed by atoms with Gasteiger partial charge in [-0.1, -0.05) is 0 Å². The number of primary amides is 1. The number of nitrogens with two attached hydrogens (primary N) is 1. The van der Waals surface area contributed by atoms with E-state index in [0.29, 0.717) is 5.39 Å². The average Bonchev–Trinajstić information content (AvgIpc) is 2.27. The molecular weight excluding hydrogens is 347 g/mol. The van der Waals surface area contributed by atoms with Crippen molar-refractivity contribution < 1.29 is 14.3 Å². The lowest BCUT2D eigenvalue weighted by Gasteiger charge is -2.09. The minimum atomic E-state index is -0.730. The predicted octanol–water partition coefficient (Wildman–Crippen LogP) is 1.86. The SMILES string of the molecule is CC(=O)Oc1c(C(N)=O)ncc2cc(I)ccc12. The lowest BCUT2D eigenvalue weighted by Crippen LogP contribution is -2.16. The number of amides is 1. The van der Waals surface area contributed by atoms with Gasteiger partial charge in [0, 0.05) is 27.5 Å². The molecule has 0 fully saturated rings. The molecule has 0 unspecified atom stereocenters. The third-order valence-electron chi connectivity index (χ3n) is 2.29. The number of carbonyl (C=O) groups excluding carboxylic acids is 2. The molecule has 1 aromatic heterocycles. The Balaban J connectivity index is 2.76. The topological polar surface area (TPSA) is 82.3 Å². The van der Waals surface area contributed by atoms with E-state index in [-0.39, 0.29) is 11.4 Å². The molecule has 2 N–H and O–H groups in total. The normalized spacial score (nSPS) is 10.3. The number of esters is 1. The molecule has 0 bridgehead atoms. The monoisotopic (exact) mass is 356 g/mol. The first-order valence-electron chi connectivity index (χ1n) is 5.05. The Kier molecular flexibility index (Phi) is 3.46. The first-order valence-corrected chi connectivity index (χ1v) is 6.13. The van der Waals surface area contributed by atoms with Crippen molar-refractivity contribution in [1.29, 1.82) is 0 Å². The molecule has 5 nitrogen and oxygen atoms in total. The summed E-state index contributed by atoms with van der Waals surface area (Å²) in [6.45, 7) is 1.26. The Bertz CT molecular complexity index is 655. The van der Waals surface area contributed by atoms with Gasteiger partial charge in [0.1, 0.15) is 0 Å². The van der Waals surface area contributed by atoms with E-state index in [4.69, 9.17) is 10.5 Å². The Labute approximate surface area is 116 Å². The van der Waals surface area contributed by atoms with Crippen molar-refractivity contribution in [1.82, 2.24) is 4.98 Å². The third kappa shape index (κ3) is 2.42. The van der Waals surface area contributed by atoms with Gasteiger partial charge in [0.25, 0.3) is 5.91 Å². The van der Waals surface area contributed by atoms with Crippen LogP contribution >= 0.6 is 22.6 Å². The molecule has 92 valence electrons. The van der Waals surface area contributed by atoms with Crippen LogP contribution in [0, 0.1) is 3.57 Å². The summed E-state index contributed by atoms with van der Waals surface area (Å²) in [5.74, 6) is -1.14. The molecule has 0 saturated carbocycles. The highest BCUT2D eigenvalue weighted by atomic mass is 127. The number of nitrogens with zero attached hydrogens (tertiary/aromatic N) is 1. The molecule has 0 atom stereocenters. The number of fused-ring (bicyclic) bond motifs is 1. The van der Waals surface area contributed by atoms with Gasteiger partial charge in [-0.15, -0.1) is 0 Å². The van der Waals surface area contributed by atoms with E-state index in [1.807, 2.05) is 12.1 Å². The Morgan fingerprint density at radius 3 is 2.72 bits per heavy atom. The zero-order valence-electron chi connectivity index (χ0n) is 9.44. The molecule has 6 heteroatoms. The number of aromatic nitrogens is 1. The van der Waals surface area contributed by atoms with Gasteiger partial charge in [-0.3, -0.25) is 9.59 Å². The number of hydrogen-bond acceptors (Lipinski definition) is 4. The van der Waals surface area contributed by atoms with Crippen molar-refractivity contribution in [3.05, 3.63) is 33.7 Å². The summed E-state index contributed by atoms with van der Waals surface area (Å²) in [6.07, 6.45) is 1.53. The van der Waals surface area contributed by atoms with Crippen LogP contribution in [0.25, 0.3) is 10.8 Å². The van der Waals surface area contributed by atoms with Crippen LogP contribution in [0.2, 0.25) is 0 Å². The van der Waals surface area contributed by atoms with Crippen molar-refractivity contribution in [2.24, 2.45) is 5.73 Å². The number of halogens is 1. The summed E-state index contributed by atoms with van der Waals surface area (Å²) in [6, 6.07) is 5.49. The summed E-state index contributed by atoms with van der Waals surface area (Å²) < 4.78 is 6.07. The van der Waals surface area contributed by atoms with Crippen LogP contribution in [0.1, 0.15) is 17.4 Å². The maximum atomic E-state index is 11.3. The van der Waals surface area contributed by atoms with Crippen molar-refractivity contribution >= 4 is 45.2 Å². The number of rotatable bonds is 2. The molecule has 0 saturated heterocycles. The Morgan fingerprint density at radius 1 is 1.39 bits per heavy atom. The number of ether oxygens (including phenoxy) is 1. The fourth-order valence-corrected chi connectivity index (χ4v) is 2.11. The number of benzene rings is 1. The lowest BCUT2D eigenvalue weighted by molar-refractivity contribution is -0.131. The molecule has 1 amide bonds. The van der Waals surface area contributed by atoms with Gasteiger partial charge >= 0.3 is 5.97 Å². The van der Waals surface area contributed by atoms with Crippen molar-refractivity contribution in [3.63, 3.8) is 0 Å². The molecule has 0 aliphatic rings. The van der Waals surface area contributed by atoms with E-state index in [1.54, 1.807) is 6.07 Å². The number of pyridine rings is 1. The third-order valence-corrected chi connectivity index (χ3v) is 2.96. The molecule has 2 rings (SSSR count). The molecule has 2 aromatic rings. The number of hydrogen-bond donors (Lipinski definition) is 1. The van der Waals surface area contributed by atoms with Crippen LogP contribution in [0.5, 0.6) is 5.75 Å². The van der Waals surface area contributed by atoms with Gasteiger partial charge in [-0.25, -0.2) is 4.98 Å². The standard InChI is InChI=1S/C12H9IN2O3/c1-6(16)18-11-9-3-2-8(13)4-7(9)5-15-10(11)12(14)17/h2-5H,1H3,(H2,14,17). The zero-order valence-corrected chi connectivity index (χ0v) is 11.6. The summed E-state index contributed by atoms with van der Waals surface area (Å²) in [5.41, 5.74) is 5.17. The zero-order chi connectivity index (χ0) is 13.3. The fourth-order valence-electron chi connectivity index (χ4n) is 1.59. The van der Waals surface area contributed by atoms with E-state index in [9.17, 15) is 9.59 Å². The summed E-state index contributed by atoms with van der Waals surface area (Å²) >= 11 is 2.16. The predicted molar refractivity (Wildman–Crippen MR) is 74.3 cm³/mol. The van der Waals surface area contributed by atoms with E-state index in [2.05, 4.69) is 27.6 Å². The fraction of sp³-hybridized carbons (Fsp3) is 0.0833. The highest BCUT2D eigenvalue weighted by molar-refractivity contribution is 14.1. The maximum Gasteiger partial charge on any atom is 0.308 e. The van der Waals surface area contributed by atoms with E-state index in [0.717, 1.165) is 8.96 Å². The second-order valence-electron chi connectivity index (χ2n) is 3.63. The van der Waals surface area contributed by atoms with Crippen LogP contribution in [-0.2, 0) is 4.79 Å². The van der Waals surface area contributed by atoms with E-state index in [1.165, 1.54) is 13.1 Å². The average molecular weight is 356 g/mol. The van der Waals surface area contributed by atoms with Crippen LogP contribution in [0.3, 0.4) is 0 Å². The van der Waals surface area contributed by atoms with Gasteiger partial charge in [0.15, 0.2) is 11.4 Å². The van der Waals surface area contributed by atoms with Crippen molar-refractivity contribution in [2.45, 2.75) is 6.92 Å². The summed E-state index contributed by atoms with van der Waals surface area (Å²) in [7, 11) is 0. The minimum Gasteiger partial charge on any atom is -0.424 e. The highest BCUT2D eigenvalue weighted by Crippen LogP contribution is 2.29.